The Kier molecular flexibility index (Phi) is 9.78. The number of hydrogen-bond acceptors (Lipinski definition) is 6. The van der Waals surface area contributed by atoms with Gasteiger partial charge < -0.3 is 0 Å². The topological polar surface area (TPSA) is 151 Å². The Labute approximate surface area is 213 Å². The summed E-state index contributed by atoms with van der Waals surface area (Å²) in [6.07, 6.45) is 0.559. The molecule has 2 aromatic carbocycles. The highest BCUT2D eigenvalue weighted by atomic mass is 32.2. The highest BCUT2D eigenvalue weighted by Crippen LogP contribution is 2.22. The third kappa shape index (κ3) is 7.85. The quantitative estimate of drug-likeness (QED) is 0.255. The fourth-order valence-electron chi connectivity index (χ4n) is 4.23. The second-order valence-corrected chi connectivity index (χ2v) is 12.2. The van der Waals surface area contributed by atoms with Gasteiger partial charge in [-0.2, -0.15) is 0 Å². The molecule has 0 saturated carbocycles. The normalized spacial score (nSPS) is 11.8. The van der Waals surface area contributed by atoms with Gasteiger partial charge in [-0.25, -0.2) is 16.8 Å². The van der Waals surface area contributed by atoms with Crippen LogP contribution < -0.4 is 20.5 Å². The fraction of sp³-hybridized carbons (Fsp3) is 0.417. The van der Waals surface area contributed by atoms with E-state index in [4.69, 9.17) is 0 Å². The predicted octanol–water partition coefficient (Wildman–Crippen LogP) is 2.42. The Morgan fingerprint density at radius 2 is 0.861 bits per heavy atom. The molecule has 2 rings (SSSR count). The molecular weight excluding hydrogens is 504 g/mol. The first-order chi connectivity index (χ1) is 16.6. The molecule has 0 aromatic heterocycles. The number of benzene rings is 2. The van der Waals surface area contributed by atoms with Crippen LogP contribution in [0.5, 0.6) is 0 Å². The average Bonchev–Trinajstić information content (AvgIpc) is 2.72. The van der Waals surface area contributed by atoms with Crippen molar-refractivity contribution in [2.45, 2.75) is 77.0 Å². The van der Waals surface area contributed by atoms with Crippen molar-refractivity contribution in [3.8, 4) is 0 Å². The third-order valence-electron chi connectivity index (χ3n) is 5.45. The SMILES string of the molecule is Cc1cc(C)c(S(=O)(=O)NNC(=O)CCCCC(=O)NNS(=O)(=O)c2c(C)cc(C)cc2C)c(C)c1. The lowest BCUT2D eigenvalue weighted by Gasteiger charge is -2.14. The van der Waals surface area contributed by atoms with Crippen LogP contribution in [0.25, 0.3) is 0 Å². The zero-order valence-electron chi connectivity index (χ0n) is 21.4. The van der Waals surface area contributed by atoms with Crippen LogP contribution in [0.1, 0.15) is 59.1 Å². The highest BCUT2D eigenvalue weighted by Gasteiger charge is 2.22. The summed E-state index contributed by atoms with van der Waals surface area (Å²) in [5.41, 5.74) is 8.54. The fourth-order valence-corrected chi connectivity index (χ4v) is 6.86. The summed E-state index contributed by atoms with van der Waals surface area (Å²) in [6.45, 7) is 10.5. The van der Waals surface area contributed by atoms with Crippen molar-refractivity contribution in [3.05, 3.63) is 57.6 Å². The molecule has 12 heteroatoms. The summed E-state index contributed by atoms with van der Waals surface area (Å²) >= 11 is 0. The third-order valence-corrected chi connectivity index (χ3v) is 8.56. The van der Waals surface area contributed by atoms with Crippen molar-refractivity contribution in [1.82, 2.24) is 20.5 Å². The van der Waals surface area contributed by atoms with Gasteiger partial charge in [0, 0.05) is 12.8 Å². The Hall–Kier alpha value is -2.80. The summed E-state index contributed by atoms with van der Waals surface area (Å²) < 4.78 is 50.4. The Morgan fingerprint density at radius 3 is 1.14 bits per heavy atom. The monoisotopic (exact) mass is 538 g/mol. The van der Waals surface area contributed by atoms with Crippen LogP contribution in [0.15, 0.2) is 34.1 Å². The molecule has 0 saturated heterocycles. The van der Waals surface area contributed by atoms with E-state index in [1.807, 2.05) is 13.8 Å². The molecule has 2 aromatic rings. The predicted molar refractivity (Wildman–Crippen MR) is 137 cm³/mol. The van der Waals surface area contributed by atoms with Crippen LogP contribution in [-0.4, -0.2) is 28.6 Å². The Bertz CT molecular complexity index is 1220. The molecule has 0 radical (unpaired) electrons. The molecule has 0 spiro atoms. The number of carbonyl (C=O) groups is 2. The van der Waals surface area contributed by atoms with Crippen molar-refractivity contribution >= 4 is 31.9 Å². The molecule has 0 aliphatic heterocycles. The van der Waals surface area contributed by atoms with Gasteiger partial charge in [0.05, 0.1) is 9.79 Å². The second kappa shape index (κ2) is 12.0. The van der Waals surface area contributed by atoms with Crippen LogP contribution in [0.4, 0.5) is 0 Å². The number of aryl methyl sites for hydroxylation is 6. The summed E-state index contributed by atoms with van der Waals surface area (Å²) in [5, 5.41) is 0. The van der Waals surface area contributed by atoms with E-state index in [-0.39, 0.29) is 22.6 Å². The lowest BCUT2D eigenvalue weighted by atomic mass is 10.1. The largest absolute Gasteiger partial charge is 0.278 e. The van der Waals surface area contributed by atoms with Gasteiger partial charge in [0.15, 0.2) is 0 Å². The molecular formula is C24H34N4O6S2. The lowest BCUT2D eigenvalue weighted by molar-refractivity contribution is -0.123. The lowest BCUT2D eigenvalue weighted by Crippen LogP contribution is -2.42. The molecule has 0 bridgehead atoms. The van der Waals surface area contributed by atoms with E-state index in [1.54, 1.807) is 52.0 Å². The Morgan fingerprint density at radius 1 is 0.583 bits per heavy atom. The Balaban J connectivity index is 1.78. The van der Waals surface area contributed by atoms with E-state index in [0.717, 1.165) is 11.1 Å². The molecule has 36 heavy (non-hydrogen) atoms. The molecule has 0 heterocycles. The zero-order chi connectivity index (χ0) is 27.3. The number of hydrazine groups is 2. The van der Waals surface area contributed by atoms with Gasteiger partial charge in [0.25, 0.3) is 20.0 Å². The molecule has 0 fully saturated rings. The maximum absolute atomic E-state index is 12.6. The second-order valence-electron chi connectivity index (χ2n) is 8.97. The van der Waals surface area contributed by atoms with Crippen molar-refractivity contribution < 1.29 is 26.4 Å². The van der Waals surface area contributed by atoms with E-state index < -0.39 is 31.9 Å². The van der Waals surface area contributed by atoms with Gasteiger partial charge in [0.2, 0.25) is 11.8 Å². The number of nitrogens with one attached hydrogen (secondary N) is 4. The summed E-state index contributed by atoms with van der Waals surface area (Å²) in [4.78, 5) is 28.6. The number of hydrogen-bond donors (Lipinski definition) is 4. The van der Waals surface area contributed by atoms with E-state index >= 15 is 0 Å². The van der Waals surface area contributed by atoms with E-state index in [9.17, 15) is 26.4 Å². The van der Waals surface area contributed by atoms with Crippen molar-refractivity contribution in [2.24, 2.45) is 0 Å². The molecule has 198 valence electrons. The molecule has 0 atom stereocenters. The number of rotatable bonds is 11. The summed E-state index contributed by atoms with van der Waals surface area (Å²) in [6, 6.07) is 6.99. The molecule has 4 N–H and O–H groups in total. The minimum Gasteiger partial charge on any atom is -0.278 e. The van der Waals surface area contributed by atoms with E-state index in [2.05, 4.69) is 20.5 Å². The van der Waals surface area contributed by atoms with Crippen LogP contribution >= 0.6 is 0 Å². The van der Waals surface area contributed by atoms with Gasteiger partial charge in [0.1, 0.15) is 0 Å². The smallest absolute Gasteiger partial charge is 0.257 e. The van der Waals surface area contributed by atoms with Gasteiger partial charge in [-0.05, 0) is 76.6 Å². The van der Waals surface area contributed by atoms with Gasteiger partial charge in [-0.1, -0.05) is 35.4 Å². The molecule has 0 aliphatic carbocycles. The minimum absolute atomic E-state index is 0.0187. The van der Waals surface area contributed by atoms with Gasteiger partial charge >= 0.3 is 0 Å². The van der Waals surface area contributed by atoms with Crippen molar-refractivity contribution in [2.75, 3.05) is 0 Å². The maximum atomic E-state index is 12.6. The summed E-state index contributed by atoms with van der Waals surface area (Å²) in [5.74, 6) is -1.10. The van der Waals surface area contributed by atoms with Crippen molar-refractivity contribution in [1.29, 1.82) is 0 Å². The van der Waals surface area contributed by atoms with Crippen LogP contribution in [-0.2, 0) is 29.6 Å². The van der Waals surface area contributed by atoms with Gasteiger partial charge in [-0.3, -0.25) is 20.4 Å². The molecule has 2 amide bonds. The van der Waals surface area contributed by atoms with Crippen LogP contribution in [0.3, 0.4) is 0 Å². The van der Waals surface area contributed by atoms with Crippen LogP contribution in [0, 0.1) is 41.5 Å². The number of unbranched alkanes of at least 4 members (excludes halogenated alkanes) is 1. The first kappa shape index (κ1) is 29.4. The van der Waals surface area contributed by atoms with E-state index in [1.165, 1.54) is 0 Å². The van der Waals surface area contributed by atoms with Crippen molar-refractivity contribution in [3.63, 3.8) is 0 Å². The number of sulfonamides is 2. The standard InChI is InChI=1S/C24H34N4O6S2/c1-15-11-17(3)23(18(4)12-15)35(31,32)27-25-21(29)9-7-8-10-22(30)26-28-36(33,34)24-19(5)13-16(2)14-20(24)6/h11-14,27-28H,7-10H2,1-6H3,(H,25,29)(H,26,30). The minimum atomic E-state index is -3.94. The maximum Gasteiger partial charge on any atom is 0.257 e. The zero-order valence-corrected chi connectivity index (χ0v) is 23.0. The first-order valence-corrected chi connectivity index (χ1v) is 14.4. The molecule has 10 nitrogen and oxygen atoms in total. The molecule has 0 aliphatic rings. The van der Waals surface area contributed by atoms with Gasteiger partial charge in [-0.15, -0.1) is 9.66 Å². The van der Waals surface area contributed by atoms with E-state index in [0.29, 0.717) is 35.1 Å². The first-order valence-electron chi connectivity index (χ1n) is 11.4. The number of carbonyl (C=O) groups excluding carboxylic acids is 2. The molecule has 0 unspecified atom stereocenters. The number of amides is 2. The summed E-state index contributed by atoms with van der Waals surface area (Å²) in [7, 11) is -7.88. The highest BCUT2D eigenvalue weighted by molar-refractivity contribution is 7.89. The van der Waals surface area contributed by atoms with Crippen LogP contribution in [0.2, 0.25) is 0 Å². The average molecular weight is 539 g/mol.